The summed E-state index contributed by atoms with van der Waals surface area (Å²) >= 11 is 0. The Bertz CT molecular complexity index is 728. The molecular weight excluding hydrogens is 368 g/mol. The highest BCUT2D eigenvalue weighted by atomic mass is 28.4. The van der Waals surface area contributed by atoms with Crippen LogP contribution in [0.4, 0.5) is 0 Å². The van der Waals surface area contributed by atoms with E-state index in [-0.39, 0.29) is 17.1 Å². The second-order valence-corrected chi connectivity index (χ2v) is 14.8. The fourth-order valence-electron chi connectivity index (χ4n) is 3.30. The van der Waals surface area contributed by atoms with E-state index < -0.39 is 8.32 Å². The van der Waals surface area contributed by atoms with Crippen LogP contribution in [0.2, 0.25) is 18.1 Å². The lowest BCUT2D eigenvalue weighted by Gasteiger charge is -2.41. The first-order valence-electron chi connectivity index (χ1n) is 10.9. The number of allylic oxidation sites excluding steroid dienone is 2. The quantitative estimate of drug-likeness (QED) is 0.229. The van der Waals surface area contributed by atoms with E-state index in [0.29, 0.717) is 5.92 Å². The van der Waals surface area contributed by atoms with Gasteiger partial charge >= 0.3 is 0 Å². The predicted molar refractivity (Wildman–Crippen MR) is 132 cm³/mol. The standard InChI is InChI=1S/C27H42OSi/c1-11-21(2)19-23(4)26(28-29(9,10)27(6,7)8)24(5)20-22(3)17-18-25-15-13-12-14-16-25/h1,12-16,19-20,22-23,26H,17-18H2,2-10H3/b21-19+,24-20+/t22-,23+,26+/m0/s1. The van der Waals surface area contributed by atoms with E-state index in [0.717, 1.165) is 18.4 Å². The second kappa shape index (κ2) is 11.0. The van der Waals surface area contributed by atoms with Crippen molar-refractivity contribution in [3.05, 3.63) is 59.2 Å². The van der Waals surface area contributed by atoms with E-state index in [2.05, 4.69) is 103 Å². The van der Waals surface area contributed by atoms with Crippen molar-refractivity contribution in [2.75, 3.05) is 0 Å². The molecule has 0 N–H and O–H groups in total. The summed E-state index contributed by atoms with van der Waals surface area (Å²) < 4.78 is 6.89. The van der Waals surface area contributed by atoms with Crippen LogP contribution in [-0.4, -0.2) is 14.4 Å². The second-order valence-electron chi connectivity index (χ2n) is 10.1. The Kier molecular flexibility index (Phi) is 9.66. The minimum Gasteiger partial charge on any atom is -0.410 e. The zero-order valence-corrected chi connectivity index (χ0v) is 21.2. The first kappa shape index (κ1) is 25.5. The first-order chi connectivity index (χ1) is 13.4. The van der Waals surface area contributed by atoms with Crippen molar-refractivity contribution < 1.29 is 4.43 Å². The van der Waals surface area contributed by atoms with E-state index in [4.69, 9.17) is 10.8 Å². The van der Waals surface area contributed by atoms with Crippen molar-refractivity contribution >= 4 is 8.32 Å². The van der Waals surface area contributed by atoms with Crippen LogP contribution in [0.3, 0.4) is 0 Å². The zero-order chi connectivity index (χ0) is 22.2. The van der Waals surface area contributed by atoms with Crippen LogP contribution in [0.1, 0.15) is 60.5 Å². The molecule has 0 heterocycles. The molecule has 0 saturated carbocycles. The number of hydrogen-bond donors (Lipinski definition) is 0. The molecular formula is C27H42OSi. The molecule has 3 atom stereocenters. The molecule has 0 aromatic heterocycles. The third kappa shape index (κ3) is 8.37. The summed E-state index contributed by atoms with van der Waals surface area (Å²) in [7, 11) is -1.90. The fraction of sp³-hybridized carbons (Fsp3) is 0.556. The van der Waals surface area contributed by atoms with Crippen LogP contribution >= 0.6 is 0 Å². The van der Waals surface area contributed by atoms with Crippen LogP contribution in [0.25, 0.3) is 0 Å². The lowest BCUT2D eigenvalue weighted by atomic mass is 9.92. The van der Waals surface area contributed by atoms with E-state index in [1.165, 1.54) is 11.1 Å². The minimum atomic E-state index is -1.90. The van der Waals surface area contributed by atoms with Crippen molar-refractivity contribution in [1.82, 2.24) is 0 Å². The highest BCUT2D eigenvalue weighted by Crippen LogP contribution is 2.39. The third-order valence-electron chi connectivity index (χ3n) is 6.17. The molecule has 1 aromatic rings. The van der Waals surface area contributed by atoms with Gasteiger partial charge in [-0.2, -0.15) is 0 Å². The molecule has 2 heteroatoms. The van der Waals surface area contributed by atoms with E-state index >= 15 is 0 Å². The zero-order valence-electron chi connectivity index (χ0n) is 20.2. The van der Waals surface area contributed by atoms with Gasteiger partial charge in [0.2, 0.25) is 0 Å². The van der Waals surface area contributed by atoms with Crippen molar-refractivity contribution in [3.8, 4) is 12.3 Å². The highest BCUT2D eigenvalue weighted by molar-refractivity contribution is 6.74. The Morgan fingerprint density at radius 3 is 2.21 bits per heavy atom. The van der Waals surface area contributed by atoms with Crippen molar-refractivity contribution in [2.45, 2.75) is 85.5 Å². The molecule has 0 aliphatic heterocycles. The van der Waals surface area contributed by atoms with Gasteiger partial charge < -0.3 is 4.43 Å². The lowest BCUT2D eigenvalue weighted by molar-refractivity contribution is 0.177. The van der Waals surface area contributed by atoms with Gasteiger partial charge in [-0.15, -0.1) is 6.42 Å². The summed E-state index contributed by atoms with van der Waals surface area (Å²) in [4.78, 5) is 0. The Morgan fingerprint density at radius 2 is 1.69 bits per heavy atom. The highest BCUT2D eigenvalue weighted by Gasteiger charge is 2.40. The number of rotatable bonds is 9. The van der Waals surface area contributed by atoms with E-state index in [1.54, 1.807) is 0 Å². The average Bonchev–Trinajstić information content (AvgIpc) is 2.64. The molecule has 0 spiro atoms. The summed E-state index contributed by atoms with van der Waals surface area (Å²) in [5.41, 5.74) is 3.70. The molecule has 0 fully saturated rings. The van der Waals surface area contributed by atoms with Gasteiger partial charge in [-0.3, -0.25) is 0 Å². The molecule has 1 aromatic carbocycles. The molecule has 160 valence electrons. The molecule has 29 heavy (non-hydrogen) atoms. The van der Waals surface area contributed by atoms with E-state index in [9.17, 15) is 0 Å². The van der Waals surface area contributed by atoms with Crippen LogP contribution < -0.4 is 0 Å². The van der Waals surface area contributed by atoms with Crippen LogP contribution in [0.5, 0.6) is 0 Å². The Morgan fingerprint density at radius 1 is 1.10 bits per heavy atom. The molecule has 1 nitrogen and oxygen atoms in total. The maximum Gasteiger partial charge on any atom is 0.192 e. The van der Waals surface area contributed by atoms with Gasteiger partial charge in [0.05, 0.1) is 6.10 Å². The van der Waals surface area contributed by atoms with Gasteiger partial charge in [-0.25, -0.2) is 0 Å². The largest absolute Gasteiger partial charge is 0.410 e. The van der Waals surface area contributed by atoms with Crippen molar-refractivity contribution in [1.29, 1.82) is 0 Å². The number of hydrogen-bond acceptors (Lipinski definition) is 1. The Balaban J connectivity index is 3.03. The average molecular weight is 411 g/mol. The predicted octanol–water partition coefficient (Wildman–Crippen LogP) is 7.81. The summed E-state index contributed by atoms with van der Waals surface area (Å²) in [6.45, 7) is 20.3. The smallest absolute Gasteiger partial charge is 0.192 e. The summed E-state index contributed by atoms with van der Waals surface area (Å²) in [5, 5.41) is 0.176. The first-order valence-corrected chi connectivity index (χ1v) is 13.8. The monoisotopic (exact) mass is 410 g/mol. The fourth-order valence-corrected chi connectivity index (χ4v) is 4.69. The Labute approximate surface area is 181 Å². The SMILES string of the molecule is C#C/C(C)=C/[C@@H](C)[C@@H](O[Si](C)(C)C(C)(C)C)/C(C)=C/[C@@H](C)CCc1ccccc1. The van der Waals surface area contributed by atoms with Gasteiger partial charge in [0.25, 0.3) is 0 Å². The third-order valence-corrected chi connectivity index (χ3v) is 10.6. The summed E-state index contributed by atoms with van der Waals surface area (Å²) in [6.07, 6.45) is 12.5. The van der Waals surface area contributed by atoms with Crippen LogP contribution in [0.15, 0.2) is 53.6 Å². The molecule has 0 aliphatic rings. The van der Waals surface area contributed by atoms with Crippen LogP contribution in [0, 0.1) is 24.2 Å². The van der Waals surface area contributed by atoms with Gasteiger partial charge in [-0.05, 0) is 67.4 Å². The molecule has 0 bridgehead atoms. The molecule has 0 amide bonds. The van der Waals surface area contributed by atoms with Crippen molar-refractivity contribution in [3.63, 3.8) is 0 Å². The maximum atomic E-state index is 6.89. The number of terminal acetylenes is 1. The normalized spacial score (nSPS) is 16.8. The minimum absolute atomic E-state index is 0.0679. The van der Waals surface area contributed by atoms with Gasteiger partial charge in [0.1, 0.15) is 0 Å². The van der Waals surface area contributed by atoms with E-state index in [1.807, 2.05) is 6.92 Å². The molecule has 0 saturated heterocycles. The summed E-state index contributed by atoms with van der Waals surface area (Å²) in [6, 6.07) is 10.7. The van der Waals surface area contributed by atoms with Gasteiger partial charge in [0.15, 0.2) is 8.32 Å². The molecule has 1 rings (SSSR count). The van der Waals surface area contributed by atoms with Gasteiger partial charge in [0, 0.05) is 5.92 Å². The molecule has 0 unspecified atom stereocenters. The topological polar surface area (TPSA) is 9.23 Å². The van der Waals surface area contributed by atoms with Gasteiger partial charge in [-0.1, -0.05) is 83.0 Å². The number of aryl methyl sites for hydroxylation is 1. The molecule has 0 radical (unpaired) electrons. The maximum absolute atomic E-state index is 6.89. The lowest BCUT2D eigenvalue weighted by Crippen LogP contribution is -2.45. The van der Waals surface area contributed by atoms with Crippen LogP contribution in [-0.2, 0) is 10.8 Å². The Hall–Kier alpha value is -1.56. The molecule has 0 aliphatic carbocycles. The number of benzene rings is 1. The van der Waals surface area contributed by atoms with Crippen molar-refractivity contribution in [2.24, 2.45) is 11.8 Å². The summed E-state index contributed by atoms with van der Waals surface area (Å²) in [5.74, 6) is 3.51.